The lowest BCUT2D eigenvalue weighted by Crippen LogP contribution is -2.27. The first-order valence-electron chi connectivity index (χ1n) is 6.17. The minimum absolute atomic E-state index is 0.379. The highest BCUT2D eigenvalue weighted by Crippen LogP contribution is 2.32. The van der Waals surface area contributed by atoms with Gasteiger partial charge < -0.3 is 10.1 Å². The molecule has 0 saturated heterocycles. The summed E-state index contributed by atoms with van der Waals surface area (Å²) < 4.78 is 5.67. The first-order chi connectivity index (χ1) is 7.70. The van der Waals surface area contributed by atoms with E-state index in [4.69, 9.17) is 4.74 Å². The Balaban J connectivity index is 2.02. The van der Waals surface area contributed by atoms with Crippen molar-refractivity contribution < 1.29 is 4.74 Å². The second-order valence-corrected chi connectivity index (χ2v) is 4.83. The number of benzene rings is 1. The summed E-state index contributed by atoms with van der Waals surface area (Å²) >= 11 is 0. The number of hydrogen-bond donors (Lipinski definition) is 1. The van der Waals surface area contributed by atoms with Gasteiger partial charge in [0.2, 0.25) is 0 Å². The SMILES string of the molecule is CCC(C)CNC1COc2ccc(C)cc21. The van der Waals surface area contributed by atoms with Crippen LogP contribution < -0.4 is 10.1 Å². The zero-order valence-corrected chi connectivity index (χ0v) is 10.4. The van der Waals surface area contributed by atoms with E-state index >= 15 is 0 Å². The molecule has 0 radical (unpaired) electrons. The minimum atomic E-state index is 0.379. The van der Waals surface area contributed by atoms with Crippen LogP contribution in [0.5, 0.6) is 5.75 Å². The molecule has 0 aromatic heterocycles. The lowest BCUT2D eigenvalue weighted by Gasteiger charge is -2.15. The van der Waals surface area contributed by atoms with E-state index in [0.717, 1.165) is 24.8 Å². The molecule has 1 aliphatic rings. The maximum absolute atomic E-state index is 5.67. The van der Waals surface area contributed by atoms with Crippen LogP contribution in [-0.4, -0.2) is 13.2 Å². The van der Waals surface area contributed by atoms with E-state index in [2.05, 4.69) is 44.3 Å². The predicted octanol–water partition coefficient (Wildman–Crippen LogP) is 3.06. The molecule has 1 aromatic carbocycles. The van der Waals surface area contributed by atoms with Crippen LogP contribution in [0.2, 0.25) is 0 Å². The van der Waals surface area contributed by atoms with Crippen LogP contribution >= 0.6 is 0 Å². The number of ether oxygens (including phenoxy) is 1. The zero-order valence-electron chi connectivity index (χ0n) is 10.4. The Kier molecular flexibility index (Phi) is 3.49. The van der Waals surface area contributed by atoms with E-state index in [-0.39, 0.29) is 0 Å². The summed E-state index contributed by atoms with van der Waals surface area (Å²) in [5.41, 5.74) is 2.63. The second kappa shape index (κ2) is 4.88. The van der Waals surface area contributed by atoms with E-state index < -0.39 is 0 Å². The molecule has 0 saturated carbocycles. The number of aryl methyl sites for hydroxylation is 1. The van der Waals surface area contributed by atoms with Crippen molar-refractivity contribution in [1.82, 2.24) is 5.32 Å². The van der Waals surface area contributed by atoms with Crippen molar-refractivity contribution in [2.75, 3.05) is 13.2 Å². The van der Waals surface area contributed by atoms with Crippen molar-refractivity contribution in [2.45, 2.75) is 33.2 Å². The molecule has 88 valence electrons. The van der Waals surface area contributed by atoms with E-state index in [1.54, 1.807) is 0 Å². The Morgan fingerprint density at radius 1 is 1.50 bits per heavy atom. The summed E-state index contributed by atoms with van der Waals surface area (Å²) in [7, 11) is 0. The molecule has 2 unspecified atom stereocenters. The molecule has 2 rings (SSSR count). The lowest BCUT2D eigenvalue weighted by atomic mass is 10.0. The quantitative estimate of drug-likeness (QED) is 0.840. The van der Waals surface area contributed by atoms with E-state index in [1.807, 2.05) is 0 Å². The van der Waals surface area contributed by atoms with Crippen molar-refractivity contribution in [3.8, 4) is 5.75 Å². The van der Waals surface area contributed by atoms with Gasteiger partial charge in [-0.05, 0) is 25.5 Å². The molecular weight excluding hydrogens is 198 g/mol. The smallest absolute Gasteiger partial charge is 0.124 e. The molecule has 0 fully saturated rings. The van der Waals surface area contributed by atoms with Gasteiger partial charge >= 0.3 is 0 Å². The second-order valence-electron chi connectivity index (χ2n) is 4.83. The van der Waals surface area contributed by atoms with Crippen molar-refractivity contribution >= 4 is 0 Å². The highest BCUT2D eigenvalue weighted by atomic mass is 16.5. The average Bonchev–Trinajstić information content (AvgIpc) is 2.68. The van der Waals surface area contributed by atoms with E-state index in [1.165, 1.54) is 17.5 Å². The Morgan fingerprint density at radius 2 is 2.31 bits per heavy atom. The third-order valence-electron chi connectivity index (χ3n) is 3.36. The molecule has 0 amide bonds. The fourth-order valence-electron chi connectivity index (χ4n) is 1.99. The van der Waals surface area contributed by atoms with E-state index in [0.29, 0.717) is 6.04 Å². The fourth-order valence-corrected chi connectivity index (χ4v) is 1.99. The molecule has 2 atom stereocenters. The number of rotatable bonds is 4. The molecule has 2 heteroatoms. The van der Waals surface area contributed by atoms with Gasteiger partial charge in [0.15, 0.2) is 0 Å². The average molecular weight is 219 g/mol. The van der Waals surface area contributed by atoms with Gasteiger partial charge in [-0.2, -0.15) is 0 Å². The molecule has 1 aliphatic heterocycles. The molecule has 16 heavy (non-hydrogen) atoms. The van der Waals surface area contributed by atoms with E-state index in [9.17, 15) is 0 Å². The zero-order chi connectivity index (χ0) is 11.5. The van der Waals surface area contributed by atoms with Crippen LogP contribution in [0.15, 0.2) is 18.2 Å². The monoisotopic (exact) mass is 219 g/mol. The largest absolute Gasteiger partial charge is 0.491 e. The third-order valence-corrected chi connectivity index (χ3v) is 3.36. The fraction of sp³-hybridized carbons (Fsp3) is 0.571. The van der Waals surface area contributed by atoms with Gasteiger partial charge in [-0.3, -0.25) is 0 Å². The summed E-state index contributed by atoms with van der Waals surface area (Å²) in [4.78, 5) is 0. The summed E-state index contributed by atoms with van der Waals surface area (Å²) in [6.07, 6.45) is 1.22. The first kappa shape index (κ1) is 11.5. The Hall–Kier alpha value is -1.02. The van der Waals surface area contributed by atoms with Crippen LogP contribution in [-0.2, 0) is 0 Å². The molecule has 0 spiro atoms. The normalized spacial score (nSPS) is 20.3. The molecule has 0 aliphatic carbocycles. The van der Waals surface area contributed by atoms with Crippen molar-refractivity contribution in [3.63, 3.8) is 0 Å². The van der Waals surface area contributed by atoms with Gasteiger partial charge in [0, 0.05) is 5.56 Å². The maximum atomic E-state index is 5.67. The van der Waals surface area contributed by atoms with Gasteiger partial charge in [-0.15, -0.1) is 0 Å². The Morgan fingerprint density at radius 3 is 3.06 bits per heavy atom. The molecule has 1 heterocycles. The van der Waals surface area contributed by atoms with Crippen LogP contribution in [0.4, 0.5) is 0 Å². The highest BCUT2D eigenvalue weighted by molar-refractivity contribution is 5.41. The van der Waals surface area contributed by atoms with Gasteiger partial charge in [-0.25, -0.2) is 0 Å². The summed E-state index contributed by atoms with van der Waals surface area (Å²) in [6, 6.07) is 6.80. The standard InChI is InChI=1S/C14H21NO/c1-4-10(2)8-15-13-9-16-14-6-5-11(3)7-12(13)14/h5-7,10,13,15H,4,8-9H2,1-3H3. The molecule has 2 nitrogen and oxygen atoms in total. The van der Waals surface area contributed by atoms with Crippen molar-refractivity contribution in [2.24, 2.45) is 5.92 Å². The topological polar surface area (TPSA) is 21.3 Å². The third kappa shape index (κ3) is 2.38. The minimum Gasteiger partial charge on any atom is -0.491 e. The van der Waals surface area contributed by atoms with Crippen LogP contribution in [0.3, 0.4) is 0 Å². The summed E-state index contributed by atoms with van der Waals surface area (Å²) in [6.45, 7) is 8.48. The molecule has 0 bridgehead atoms. The molecule has 1 N–H and O–H groups in total. The Bertz CT molecular complexity index is 362. The van der Waals surface area contributed by atoms with Crippen molar-refractivity contribution in [3.05, 3.63) is 29.3 Å². The van der Waals surface area contributed by atoms with Crippen LogP contribution in [0.1, 0.15) is 37.4 Å². The van der Waals surface area contributed by atoms with Gasteiger partial charge in [-0.1, -0.05) is 38.0 Å². The van der Waals surface area contributed by atoms with Crippen molar-refractivity contribution in [1.29, 1.82) is 0 Å². The maximum Gasteiger partial charge on any atom is 0.124 e. The lowest BCUT2D eigenvalue weighted by molar-refractivity contribution is 0.304. The number of nitrogens with one attached hydrogen (secondary N) is 1. The summed E-state index contributed by atoms with van der Waals surface area (Å²) in [5, 5.41) is 3.59. The van der Waals surface area contributed by atoms with Gasteiger partial charge in [0.1, 0.15) is 12.4 Å². The van der Waals surface area contributed by atoms with Gasteiger partial charge in [0.25, 0.3) is 0 Å². The first-order valence-corrected chi connectivity index (χ1v) is 6.17. The molecular formula is C14H21NO. The molecule has 1 aromatic rings. The number of fused-ring (bicyclic) bond motifs is 1. The van der Waals surface area contributed by atoms with Crippen LogP contribution in [0.25, 0.3) is 0 Å². The van der Waals surface area contributed by atoms with Crippen LogP contribution in [0, 0.1) is 12.8 Å². The highest BCUT2D eigenvalue weighted by Gasteiger charge is 2.23. The Labute approximate surface area is 98.0 Å². The predicted molar refractivity (Wildman–Crippen MR) is 66.9 cm³/mol. The number of hydrogen-bond acceptors (Lipinski definition) is 2. The summed E-state index contributed by atoms with van der Waals surface area (Å²) in [5.74, 6) is 1.78. The van der Waals surface area contributed by atoms with Gasteiger partial charge in [0.05, 0.1) is 6.04 Å².